The normalized spacial score (nSPS) is 16.9. The summed E-state index contributed by atoms with van der Waals surface area (Å²) in [5.41, 5.74) is 2.99. The summed E-state index contributed by atoms with van der Waals surface area (Å²) < 4.78 is 6.83. The van der Waals surface area contributed by atoms with Crippen LogP contribution in [0.15, 0.2) is 83.8 Å². The summed E-state index contributed by atoms with van der Waals surface area (Å²) in [4.78, 5) is 43.8. The molecule has 5 rings (SSSR count). The van der Waals surface area contributed by atoms with E-state index in [9.17, 15) is 14.4 Å². The molecule has 0 bridgehead atoms. The van der Waals surface area contributed by atoms with E-state index in [0.717, 1.165) is 42.8 Å². The van der Waals surface area contributed by atoms with Crippen molar-refractivity contribution in [3.63, 3.8) is 0 Å². The molecule has 3 amide bonds. The Balaban J connectivity index is 1.17. The molecule has 0 atom stereocenters. The van der Waals surface area contributed by atoms with Crippen molar-refractivity contribution >= 4 is 63.2 Å². The van der Waals surface area contributed by atoms with Gasteiger partial charge in [0.2, 0.25) is 5.91 Å². The molecule has 2 aliphatic heterocycles. The van der Waals surface area contributed by atoms with Crippen LogP contribution in [0.4, 0.5) is 10.5 Å². The zero-order chi connectivity index (χ0) is 26.5. The molecule has 0 spiro atoms. The van der Waals surface area contributed by atoms with Gasteiger partial charge in [0.15, 0.2) is 0 Å². The number of para-hydroxylation sites is 1. The van der Waals surface area contributed by atoms with E-state index in [-0.39, 0.29) is 12.5 Å². The number of hydrogen-bond acceptors (Lipinski definition) is 6. The molecule has 0 aromatic heterocycles. The fourth-order valence-corrected chi connectivity index (χ4v) is 5.87. The number of hydrogen-bond donors (Lipinski definition) is 0. The Morgan fingerprint density at radius 1 is 0.921 bits per heavy atom. The predicted octanol–water partition coefficient (Wildman–Crippen LogP) is 5.26. The highest BCUT2D eigenvalue weighted by atomic mass is 127. The topological polar surface area (TPSA) is 70.2 Å². The fraction of sp³-hybridized carbons (Fsp3) is 0.207. The van der Waals surface area contributed by atoms with Crippen molar-refractivity contribution in [3.05, 3.63) is 98.5 Å². The molecule has 2 fully saturated rings. The molecule has 3 aromatic carbocycles. The van der Waals surface area contributed by atoms with E-state index in [1.54, 1.807) is 11.0 Å². The Bertz CT molecular complexity index is 1360. The van der Waals surface area contributed by atoms with Crippen molar-refractivity contribution in [1.29, 1.82) is 0 Å². The second-order valence-corrected chi connectivity index (χ2v) is 11.1. The molecule has 3 aromatic rings. The van der Waals surface area contributed by atoms with Gasteiger partial charge in [-0.2, -0.15) is 0 Å². The summed E-state index contributed by atoms with van der Waals surface area (Å²) >= 11 is 3.06. The number of rotatable bonds is 7. The number of imide groups is 1. The second-order valence-electron chi connectivity index (χ2n) is 8.94. The van der Waals surface area contributed by atoms with Crippen molar-refractivity contribution in [2.75, 3.05) is 37.6 Å². The van der Waals surface area contributed by atoms with Gasteiger partial charge >= 0.3 is 0 Å². The molecule has 0 unspecified atom stereocenters. The van der Waals surface area contributed by atoms with Crippen LogP contribution in [-0.2, 0) is 16.2 Å². The van der Waals surface area contributed by atoms with Gasteiger partial charge in [-0.15, -0.1) is 0 Å². The first kappa shape index (κ1) is 26.3. The van der Waals surface area contributed by atoms with E-state index in [0.29, 0.717) is 37.7 Å². The van der Waals surface area contributed by atoms with Crippen molar-refractivity contribution in [2.24, 2.45) is 0 Å². The highest BCUT2D eigenvalue weighted by molar-refractivity contribution is 14.1. The Hall–Kier alpha value is -3.31. The third kappa shape index (κ3) is 6.21. The van der Waals surface area contributed by atoms with E-state index in [4.69, 9.17) is 4.74 Å². The summed E-state index contributed by atoms with van der Waals surface area (Å²) in [7, 11) is 0. The van der Waals surface area contributed by atoms with Gasteiger partial charge in [-0.05, 0) is 75.8 Å². The maximum absolute atomic E-state index is 13.0. The lowest BCUT2D eigenvalue weighted by Gasteiger charge is -2.36. The van der Waals surface area contributed by atoms with E-state index < -0.39 is 11.1 Å². The molecule has 0 radical (unpaired) electrons. The summed E-state index contributed by atoms with van der Waals surface area (Å²) in [6.45, 7) is 2.75. The summed E-state index contributed by atoms with van der Waals surface area (Å²) in [6.07, 6.45) is 1.69. The number of anilines is 1. The van der Waals surface area contributed by atoms with Gasteiger partial charge < -0.3 is 14.5 Å². The quantitative estimate of drug-likeness (QED) is 0.260. The van der Waals surface area contributed by atoms with Crippen molar-refractivity contribution in [1.82, 2.24) is 9.80 Å². The number of benzene rings is 3. The van der Waals surface area contributed by atoms with Gasteiger partial charge in [0, 0.05) is 31.9 Å². The minimum absolute atomic E-state index is 0.212. The minimum Gasteiger partial charge on any atom is -0.488 e. The van der Waals surface area contributed by atoms with Crippen LogP contribution in [0.2, 0.25) is 0 Å². The third-order valence-electron chi connectivity index (χ3n) is 6.41. The van der Waals surface area contributed by atoms with Crippen LogP contribution in [0.3, 0.4) is 0 Å². The second kappa shape index (κ2) is 12.0. The number of piperazine rings is 1. The molecule has 2 saturated heterocycles. The van der Waals surface area contributed by atoms with Gasteiger partial charge in [-0.3, -0.25) is 19.3 Å². The molecular formula is C29H26IN3O4S. The molecule has 2 aliphatic rings. The summed E-state index contributed by atoms with van der Waals surface area (Å²) in [6, 6.07) is 25.6. The van der Waals surface area contributed by atoms with Crippen LogP contribution in [0.5, 0.6) is 5.75 Å². The van der Waals surface area contributed by atoms with Crippen LogP contribution in [0.1, 0.15) is 11.1 Å². The zero-order valence-electron chi connectivity index (χ0n) is 20.6. The molecule has 7 nitrogen and oxygen atoms in total. The Kier molecular flexibility index (Phi) is 8.33. The Morgan fingerprint density at radius 2 is 1.61 bits per heavy atom. The predicted molar refractivity (Wildman–Crippen MR) is 158 cm³/mol. The highest BCUT2D eigenvalue weighted by Crippen LogP contribution is 2.33. The third-order valence-corrected chi connectivity index (χ3v) is 8.16. The van der Waals surface area contributed by atoms with E-state index in [2.05, 4.69) is 39.6 Å². The van der Waals surface area contributed by atoms with E-state index >= 15 is 0 Å². The molecular weight excluding hydrogens is 613 g/mol. The Labute approximate surface area is 239 Å². The fourth-order valence-electron chi connectivity index (χ4n) is 4.34. The standard InChI is InChI=1S/C29H26IN3O4S/c30-24-17-22(11-12-25(24)37-20-21-7-3-1-4-8-21)18-26-28(35)33(29(36)38-26)19-27(34)32-15-13-31(14-16-32)23-9-5-2-6-10-23/h1-12,17-18H,13-16,19-20H2/b26-18+. The summed E-state index contributed by atoms with van der Waals surface area (Å²) in [5.74, 6) is 0.101. The number of ether oxygens (including phenoxy) is 1. The number of amides is 3. The molecule has 0 aliphatic carbocycles. The minimum atomic E-state index is -0.435. The Morgan fingerprint density at radius 3 is 2.29 bits per heavy atom. The van der Waals surface area contributed by atoms with E-state index in [1.807, 2.05) is 66.7 Å². The zero-order valence-corrected chi connectivity index (χ0v) is 23.6. The molecule has 38 heavy (non-hydrogen) atoms. The number of halogens is 1. The lowest BCUT2D eigenvalue weighted by molar-refractivity contribution is -0.136. The van der Waals surface area contributed by atoms with E-state index in [1.165, 1.54) is 0 Å². The lowest BCUT2D eigenvalue weighted by atomic mass is 10.2. The summed E-state index contributed by atoms with van der Waals surface area (Å²) in [5, 5.41) is -0.421. The van der Waals surface area contributed by atoms with Crippen molar-refractivity contribution in [3.8, 4) is 5.75 Å². The molecule has 194 valence electrons. The van der Waals surface area contributed by atoms with Gasteiger partial charge in [0.1, 0.15) is 18.9 Å². The first-order valence-corrected chi connectivity index (χ1v) is 14.2. The van der Waals surface area contributed by atoms with Crippen molar-refractivity contribution in [2.45, 2.75) is 6.61 Å². The number of thioether (sulfide) groups is 1. The van der Waals surface area contributed by atoms with Crippen LogP contribution in [-0.4, -0.2) is 59.6 Å². The van der Waals surface area contributed by atoms with Crippen LogP contribution < -0.4 is 9.64 Å². The first-order valence-electron chi connectivity index (χ1n) is 12.3. The lowest BCUT2D eigenvalue weighted by Crippen LogP contribution is -2.51. The largest absolute Gasteiger partial charge is 0.488 e. The van der Waals surface area contributed by atoms with Crippen molar-refractivity contribution < 1.29 is 19.1 Å². The molecule has 9 heteroatoms. The smallest absolute Gasteiger partial charge is 0.294 e. The average Bonchev–Trinajstić information content (AvgIpc) is 3.21. The van der Waals surface area contributed by atoms with Gasteiger partial charge in [0.05, 0.1) is 8.48 Å². The number of nitrogens with zero attached hydrogens (tertiary/aromatic N) is 3. The molecule has 0 N–H and O–H groups in total. The van der Waals surface area contributed by atoms with Crippen LogP contribution >= 0.6 is 34.4 Å². The number of carbonyl (C=O) groups is 3. The van der Waals surface area contributed by atoms with Gasteiger partial charge in [0.25, 0.3) is 11.1 Å². The SMILES string of the molecule is O=C(CN1C(=O)S/C(=C/c2ccc(OCc3ccccc3)c(I)c2)C1=O)N1CCN(c2ccccc2)CC1. The monoisotopic (exact) mass is 639 g/mol. The van der Waals surface area contributed by atoms with Crippen LogP contribution in [0, 0.1) is 3.57 Å². The molecule has 2 heterocycles. The maximum Gasteiger partial charge on any atom is 0.294 e. The molecule has 0 saturated carbocycles. The van der Waals surface area contributed by atoms with Gasteiger partial charge in [-0.1, -0.05) is 54.6 Å². The maximum atomic E-state index is 13.0. The average molecular weight is 640 g/mol. The van der Waals surface area contributed by atoms with Crippen LogP contribution in [0.25, 0.3) is 6.08 Å². The first-order chi connectivity index (χ1) is 18.5. The van der Waals surface area contributed by atoms with Gasteiger partial charge in [-0.25, -0.2) is 0 Å². The highest BCUT2D eigenvalue weighted by Gasteiger charge is 2.37. The number of carbonyl (C=O) groups excluding carboxylic acids is 3.